The summed E-state index contributed by atoms with van der Waals surface area (Å²) in [6, 6.07) is 5.77. The summed E-state index contributed by atoms with van der Waals surface area (Å²) in [5.74, 6) is -1.09. The predicted molar refractivity (Wildman–Crippen MR) is 101 cm³/mol. The van der Waals surface area contributed by atoms with Crippen molar-refractivity contribution in [3.8, 4) is 0 Å². The quantitative estimate of drug-likeness (QED) is 0.678. The number of amides is 2. The first-order chi connectivity index (χ1) is 12.6. The number of nitrogens with one attached hydrogen (secondary N) is 2. The third kappa shape index (κ3) is 5.43. The molecule has 1 aliphatic carbocycles. The molecule has 1 aromatic rings. The summed E-state index contributed by atoms with van der Waals surface area (Å²) in [7, 11) is -0.533. The van der Waals surface area contributed by atoms with Crippen molar-refractivity contribution in [3.05, 3.63) is 29.8 Å². The second-order valence-corrected chi connectivity index (χ2v) is 9.23. The van der Waals surface area contributed by atoms with Crippen LogP contribution in [0, 0.1) is 5.92 Å². The van der Waals surface area contributed by atoms with Crippen LogP contribution in [0.5, 0.6) is 0 Å². The molecule has 1 fully saturated rings. The molecule has 1 unspecified atom stereocenters. The Morgan fingerprint density at radius 2 is 1.67 bits per heavy atom. The molecule has 0 bridgehead atoms. The van der Waals surface area contributed by atoms with Gasteiger partial charge in [-0.1, -0.05) is 12.1 Å². The Labute approximate surface area is 160 Å². The van der Waals surface area contributed by atoms with Crippen LogP contribution >= 0.6 is 0 Å². The first kappa shape index (κ1) is 21.2. The van der Waals surface area contributed by atoms with Crippen LogP contribution in [0.2, 0.25) is 0 Å². The van der Waals surface area contributed by atoms with Gasteiger partial charge in [-0.25, -0.2) is 17.5 Å². The fraction of sp³-hybridized carbons (Fsp3) is 0.556. The molecule has 150 valence electrons. The molecule has 8 nitrogen and oxygen atoms in total. The van der Waals surface area contributed by atoms with Crippen molar-refractivity contribution >= 4 is 22.0 Å². The van der Waals surface area contributed by atoms with Crippen LogP contribution in [0.1, 0.15) is 44.2 Å². The van der Waals surface area contributed by atoms with E-state index in [1.165, 1.54) is 26.2 Å². The summed E-state index contributed by atoms with van der Waals surface area (Å²) in [4.78, 5) is 23.4. The average molecular weight is 397 g/mol. The number of carbonyl (C=O) groups is 2. The van der Waals surface area contributed by atoms with E-state index in [4.69, 9.17) is 5.11 Å². The third-order valence-corrected chi connectivity index (χ3v) is 6.75. The monoisotopic (exact) mass is 397 g/mol. The zero-order chi connectivity index (χ0) is 20.2. The summed E-state index contributed by atoms with van der Waals surface area (Å²) in [6.45, 7) is 1.82. The largest absolute Gasteiger partial charge is 0.481 e. The number of carboxylic acids is 1. The van der Waals surface area contributed by atoms with E-state index < -0.39 is 16.0 Å². The number of rotatable bonds is 6. The van der Waals surface area contributed by atoms with Crippen LogP contribution in [-0.4, -0.2) is 50.0 Å². The predicted octanol–water partition coefficient (Wildman–Crippen LogP) is 1.94. The topological polar surface area (TPSA) is 116 Å². The van der Waals surface area contributed by atoms with Gasteiger partial charge in [0.05, 0.1) is 16.9 Å². The molecule has 1 saturated carbocycles. The lowest BCUT2D eigenvalue weighted by molar-refractivity contribution is -0.142. The second-order valence-electron chi connectivity index (χ2n) is 7.08. The molecule has 3 N–H and O–H groups in total. The minimum Gasteiger partial charge on any atom is -0.481 e. The Hall–Kier alpha value is -2.13. The van der Waals surface area contributed by atoms with Crippen LogP contribution in [0.4, 0.5) is 4.79 Å². The number of sulfonamides is 1. The molecule has 0 heterocycles. The van der Waals surface area contributed by atoms with E-state index in [0.29, 0.717) is 25.7 Å². The van der Waals surface area contributed by atoms with Gasteiger partial charge in [0.25, 0.3) is 0 Å². The average Bonchev–Trinajstić information content (AvgIpc) is 2.62. The van der Waals surface area contributed by atoms with Gasteiger partial charge in [-0.3, -0.25) is 4.79 Å². The van der Waals surface area contributed by atoms with Crippen molar-refractivity contribution in [2.45, 2.75) is 49.6 Å². The fourth-order valence-corrected chi connectivity index (χ4v) is 4.03. The van der Waals surface area contributed by atoms with Gasteiger partial charge in [0.15, 0.2) is 0 Å². The molecule has 0 spiro atoms. The third-order valence-electron chi connectivity index (χ3n) is 4.92. The zero-order valence-corrected chi connectivity index (χ0v) is 16.6. The molecule has 9 heteroatoms. The molecule has 0 saturated heterocycles. The van der Waals surface area contributed by atoms with Crippen molar-refractivity contribution < 1.29 is 23.1 Å². The highest BCUT2D eigenvalue weighted by molar-refractivity contribution is 7.89. The molecule has 0 aromatic heterocycles. The van der Waals surface area contributed by atoms with E-state index in [0.717, 1.165) is 9.87 Å². The fourth-order valence-electron chi connectivity index (χ4n) is 3.13. The molecule has 1 aliphatic rings. The van der Waals surface area contributed by atoms with E-state index in [2.05, 4.69) is 10.6 Å². The van der Waals surface area contributed by atoms with Gasteiger partial charge in [-0.05, 0) is 50.3 Å². The van der Waals surface area contributed by atoms with E-state index in [1.54, 1.807) is 12.1 Å². The Bertz CT molecular complexity index is 769. The molecule has 27 heavy (non-hydrogen) atoms. The first-order valence-electron chi connectivity index (χ1n) is 8.93. The Morgan fingerprint density at radius 1 is 1.11 bits per heavy atom. The second kappa shape index (κ2) is 8.71. The highest BCUT2D eigenvalue weighted by Gasteiger charge is 2.27. The Balaban J connectivity index is 1.88. The molecular formula is C18H27N3O5S. The molecular weight excluding hydrogens is 370 g/mol. The Kier molecular flexibility index (Phi) is 6.83. The number of hydrogen-bond donors (Lipinski definition) is 3. The summed E-state index contributed by atoms with van der Waals surface area (Å²) >= 11 is 0. The number of benzene rings is 1. The number of urea groups is 1. The van der Waals surface area contributed by atoms with Gasteiger partial charge in [0, 0.05) is 20.1 Å². The van der Waals surface area contributed by atoms with Crippen molar-refractivity contribution in [3.63, 3.8) is 0 Å². The Morgan fingerprint density at radius 3 is 2.15 bits per heavy atom. The van der Waals surface area contributed by atoms with Gasteiger partial charge in [0.1, 0.15) is 0 Å². The van der Waals surface area contributed by atoms with Crippen molar-refractivity contribution in [2.75, 3.05) is 14.1 Å². The zero-order valence-electron chi connectivity index (χ0n) is 15.8. The molecule has 2 rings (SSSR count). The molecule has 0 radical (unpaired) electrons. The van der Waals surface area contributed by atoms with Crippen LogP contribution in [-0.2, 0) is 14.8 Å². The van der Waals surface area contributed by atoms with Crippen molar-refractivity contribution in [1.29, 1.82) is 0 Å². The number of carbonyl (C=O) groups excluding carboxylic acids is 1. The lowest BCUT2D eigenvalue weighted by atomic mass is 9.86. The summed E-state index contributed by atoms with van der Waals surface area (Å²) in [5, 5.41) is 14.7. The van der Waals surface area contributed by atoms with Gasteiger partial charge < -0.3 is 15.7 Å². The van der Waals surface area contributed by atoms with Crippen molar-refractivity contribution in [2.24, 2.45) is 5.92 Å². The van der Waals surface area contributed by atoms with Gasteiger partial charge in [0.2, 0.25) is 10.0 Å². The van der Waals surface area contributed by atoms with Crippen LogP contribution in [0.15, 0.2) is 29.2 Å². The highest BCUT2D eigenvalue weighted by atomic mass is 32.2. The first-order valence-corrected chi connectivity index (χ1v) is 10.4. The maximum Gasteiger partial charge on any atom is 0.315 e. The number of aliphatic carboxylic acids is 1. The number of hydrogen-bond acceptors (Lipinski definition) is 4. The van der Waals surface area contributed by atoms with Crippen LogP contribution in [0.3, 0.4) is 0 Å². The number of carboxylic acid groups (broad SMARTS) is 1. The minimum atomic E-state index is -3.48. The van der Waals surface area contributed by atoms with Crippen LogP contribution < -0.4 is 10.6 Å². The molecule has 2 amide bonds. The highest BCUT2D eigenvalue weighted by Crippen LogP contribution is 2.24. The normalized spacial score (nSPS) is 21.5. The van der Waals surface area contributed by atoms with E-state index in [9.17, 15) is 18.0 Å². The van der Waals surface area contributed by atoms with Gasteiger partial charge >= 0.3 is 12.0 Å². The SMILES string of the molecule is CC(NC(=O)NC1CCC(C(=O)O)CC1)c1ccc(S(=O)(=O)N(C)C)cc1. The minimum absolute atomic E-state index is 0.0274. The summed E-state index contributed by atoms with van der Waals surface area (Å²) in [6.07, 6.45) is 2.43. The van der Waals surface area contributed by atoms with E-state index in [1.807, 2.05) is 6.92 Å². The van der Waals surface area contributed by atoms with Gasteiger partial charge in [-0.2, -0.15) is 0 Å². The van der Waals surface area contributed by atoms with E-state index >= 15 is 0 Å². The van der Waals surface area contributed by atoms with Gasteiger partial charge in [-0.15, -0.1) is 0 Å². The summed E-state index contributed by atoms with van der Waals surface area (Å²) < 4.78 is 25.3. The van der Waals surface area contributed by atoms with Crippen molar-refractivity contribution in [1.82, 2.24) is 14.9 Å². The smallest absolute Gasteiger partial charge is 0.315 e. The molecule has 1 atom stereocenters. The lowest BCUT2D eigenvalue weighted by Crippen LogP contribution is -2.44. The lowest BCUT2D eigenvalue weighted by Gasteiger charge is -2.27. The standard InChI is InChI=1S/C18H27N3O5S/c1-12(13-6-10-16(11-7-13)27(25,26)21(2)3)19-18(24)20-15-8-4-14(5-9-15)17(22)23/h6-7,10-12,14-15H,4-5,8-9H2,1-3H3,(H,22,23)(H2,19,20,24). The van der Waals surface area contributed by atoms with E-state index in [-0.39, 0.29) is 28.9 Å². The maximum absolute atomic E-state index is 12.2. The molecule has 0 aliphatic heterocycles. The molecule has 1 aromatic carbocycles. The van der Waals surface area contributed by atoms with Crippen LogP contribution in [0.25, 0.3) is 0 Å². The number of nitrogens with zero attached hydrogens (tertiary/aromatic N) is 1. The summed E-state index contributed by atoms with van der Waals surface area (Å²) in [5.41, 5.74) is 0.789. The maximum atomic E-state index is 12.2.